The zero-order chi connectivity index (χ0) is 21.0. The number of anilines is 1. The average Bonchev–Trinajstić information content (AvgIpc) is 2.72. The van der Waals surface area contributed by atoms with Gasteiger partial charge in [-0.1, -0.05) is 12.1 Å². The Balaban J connectivity index is 1.57. The smallest absolute Gasteiger partial charge is 0.353 e. The summed E-state index contributed by atoms with van der Waals surface area (Å²) >= 11 is 0. The molecule has 0 atom stereocenters. The molecule has 29 heavy (non-hydrogen) atoms. The highest BCUT2D eigenvalue weighted by molar-refractivity contribution is 5.92. The number of halogens is 3. The van der Waals surface area contributed by atoms with Crippen LogP contribution >= 0.6 is 0 Å². The summed E-state index contributed by atoms with van der Waals surface area (Å²) in [6.07, 6.45) is -0.763. The Morgan fingerprint density at radius 1 is 1.14 bits per heavy atom. The number of piperazine rings is 1. The predicted molar refractivity (Wildman–Crippen MR) is 100 cm³/mol. The maximum Gasteiger partial charge on any atom is 0.417 e. The van der Waals surface area contributed by atoms with Gasteiger partial charge in [0, 0.05) is 50.6 Å². The third-order valence-electron chi connectivity index (χ3n) is 4.49. The van der Waals surface area contributed by atoms with Gasteiger partial charge in [-0.15, -0.1) is 0 Å². The topological polar surface area (TPSA) is 79.6 Å². The molecule has 1 aliphatic rings. The Hall–Kier alpha value is -3.43. The number of alkyl halides is 3. The van der Waals surface area contributed by atoms with Crippen molar-refractivity contribution in [2.45, 2.75) is 6.18 Å². The molecule has 1 aromatic carbocycles. The van der Waals surface area contributed by atoms with Crippen LogP contribution in [0.4, 0.5) is 24.7 Å². The molecule has 0 spiro atoms. The minimum Gasteiger partial charge on any atom is -0.353 e. The number of carbonyl (C=O) groups excluding carboxylic acids is 1. The van der Waals surface area contributed by atoms with E-state index >= 15 is 0 Å². The van der Waals surface area contributed by atoms with Crippen LogP contribution in [0.1, 0.15) is 11.1 Å². The molecular formula is C19H17F3N4O3. The monoisotopic (exact) mass is 406 g/mol. The van der Waals surface area contributed by atoms with Crippen LogP contribution < -0.4 is 4.90 Å². The Morgan fingerprint density at radius 3 is 2.45 bits per heavy atom. The van der Waals surface area contributed by atoms with Crippen LogP contribution in [-0.2, 0) is 11.0 Å². The normalized spacial score (nSPS) is 15.0. The van der Waals surface area contributed by atoms with E-state index in [1.807, 2.05) is 4.90 Å². The molecule has 0 radical (unpaired) electrons. The molecule has 2 heterocycles. The first-order valence-corrected chi connectivity index (χ1v) is 8.74. The number of amides is 1. The van der Waals surface area contributed by atoms with Crippen molar-refractivity contribution in [3.63, 3.8) is 0 Å². The van der Waals surface area contributed by atoms with Gasteiger partial charge in [-0.25, -0.2) is 4.98 Å². The number of aromatic nitrogens is 1. The van der Waals surface area contributed by atoms with Crippen LogP contribution in [0.15, 0.2) is 48.7 Å². The molecule has 0 aliphatic carbocycles. The van der Waals surface area contributed by atoms with E-state index in [9.17, 15) is 28.1 Å². The highest BCUT2D eigenvalue weighted by atomic mass is 19.4. The second kappa shape index (κ2) is 8.29. The SMILES string of the molecule is O=C(C=Cc1cccc([N+](=O)[O-])c1)N1CCN(c2ccc(C(F)(F)F)cn2)CC1. The summed E-state index contributed by atoms with van der Waals surface area (Å²) in [7, 11) is 0. The molecule has 3 rings (SSSR count). The molecule has 0 bridgehead atoms. The van der Waals surface area contributed by atoms with Crippen molar-refractivity contribution in [2.24, 2.45) is 0 Å². The zero-order valence-electron chi connectivity index (χ0n) is 15.2. The fourth-order valence-electron chi connectivity index (χ4n) is 2.91. The third kappa shape index (κ3) is 5.09. The van der Waals surface area contributed by atoms with Crippen LogP contribution in [0.2, 0.25) is 0 Å². The number of nitro benzene ring substituents is 1. The number of carbonyl (C=O) groups is 1. The summed E-state index contributed by atoms with van der Waals surface area (Å²) in [6, 6.07) is 8.25. The van der Waals surface area contributed by atoms with E-state index in [1.165, 1.54) is 36.4 Å². The van der Waals surface area contributed by atoms with Crippen molar-refractivity contribution in [3.8, 4) is 0 Å². The van der Waals surface area contributed by atoms with E-state index < -0.39 is 16.7 Å². The molecule has 10 heteroatoms. The van der Waals surface area contributed by atoms with Gasteiger partial charge in [-0.05, 0) is 23.8 Å². The van der Waals surface area contributed by atoms with Gasteiger partial charge in [0.15, 0.2) is 0 Å². The van der Waals surface area contributed by atoms with Gasteiger partial charge in [0.1, 0.15) is 5.82 Å². The Bertz CT molecular complexity index is 921. The van der Waals surface area contributed by atoms with E-state index in [1.54, 1.807) is 11.0 Å². The lowest BCUT2D eigenvalue weighted by atomic mass is 10.2. The largest absolute Gasteiger partial charge is 0.417 e. The van der Waals surface area contributed by atoms with E-state index in [-0.39, 0.29) is 11.6 Å². The van der Waals surface area contributed by atoms with Crippen molar-refractivity contribution >= 4 is 23.5 Å². The molecule has 152 valence electrons. The average molecular weight is 406 g/mol. The molecule has 0 N–H and O–H groups in total. The first-order chi connectivity index (χ1) is 13.7. The van der Waals surface area contributed by atoms with E-state index in [0.29, 0.717) is 37.6 Å². The first-order valence-electron chi connectivity index (χ1n) is 8.74. The minimum atomic E-state index is -4.43. The number of benzene rings is 1. The highest BCUT2D eigenvalue weighted by Crippen LogP contribution is 2.29. The van der Waals surface area contributed by atoms with Gasteiger partial charge in [0.05, 0.1) is 10.5 Å². The molecule has 1 saturated heterocycles. The molecule has 1 amide bonds. The molecular weight excluding hydrogens is 389 g/mol. The fourth-order valence-corrected chi connectivity index (χ4v) is 2.91. The van der Waals surface area contributed by atoms with Crippen LogP contribution in [0.25, 0.3) is 6.08 Å². The van der Waals surface area contributed by atoms with Crippen molar-refractivity contribution < 1.29 is 22.9 Å². The fraction of sp³-hybridized carbons (Fsp3) is 0.263. The molecule has 1 aromatic heterocycles. The van der Waals surface area contributed by atoms with E-state index in [2.05, 4.69) is 4.98 Å². The lowest BCUT2D eigenvalue weighted by molar-refractivity contribution is -0.384. The lowest BCUT2D eigenvalue weighted by Gasteiger charge is -2.35. The standard InChI is InChI=1S/C19H17F3N4O3/c20-19(21,22)15-5-6-17(23-13-15)24-8-10-25(11-9-24)18(27)7-4-14-2-1-3-16(12-14)26(28)29/h1-7,12-13H,8-11H2. The van der Waals surface area contributed by atoms with Crippen molar-refractivity contribution in [2.75, 3.05) is 31.1 Å². The maximum absolute atomic E-state index is 12.6. The summed E-state index contributed by atoms with van der Waals surface area (Å²) in [5, 5.41) is 10.8. The quantitative estimate of drug-likeness (QED) is 0.442. The number of nitro groups is 1. The Kier molecular flexibility index (Phi) is 5.81. The van der Waals surface area contributed by atoms with Crippen LogP contribution in [0, 0.1) is 10.1 Å². The van der Waals surface area contributed by atoms with Crippen molar-refractivity contribution in [3.05, 3.63) is 69.9 Å². The highest BCUT2D eigenvalue weighted by Gasteiger charge is 2.31. The number of hydrogen-bond acceptors (Lipinski definition) is 5. The van der Waals surface area contributed by atoms with Crippen molar-refractivity contribution in [1.82, 2.24) is 9.88 Å². The second-order valence-electron chi connectivity index (χ2n) is 6.40. The van der Waals surface area contributed by atoms with Crippen LogP contribution in [0.5, 0.6) is 0 Å². The second-order valence-corrected chi connectivity index (χ2v) is 6.40. The van der Waals surface area contributed by atoms with Crippen LogP contribution in [-0.4, -0.2) is 46.9 Å². The molecule has 1 fully saturated rings. The molecule has 7 nitrogen and oxygen atoms in total. The van der Waals surface area contributed by atoms with Crippen LogP contribution in [0.3, 0.4) is 0 Å². The molecule has 0 saturated carbocycles. The Morgan fingerprint density at radius 2 is 1.86 bits per heavy atom. The molecule has 0 unspecified atom stereocenters. The van der Waals surface area contributed by atoms with Gasteiger partial charge in [-0.3, -0.25) is 14.9 Å². The van der Waals surface area contributed by atoms with Gasteiger partial charge in [-0.2, -0.15) is 13.2 Å². The van der Waals surface area contributed by atoms with Gasteiger partial charge < -0.3 is 9.80 Å². The predicted octanol–water partition coefficient (Wildman–Crippen LogP) is 3.37. The van der Waals surface area contributed by atoms with E-state index in [4.69, 9.17) is 0 Å². The number of hydrogen-bond donors (Lipinski definition) is 0. The maximum atomic E-state index is 12.6. The zero-order valence-corrected chi connectivity index (χ0v) is 15.2. The summed E-state index contributed by atoms with van der Waals surface area (Å²) in [5.41, 5.74) is -0.321. The summed E-state index contributed by atoms with van der Waals surface area (Å²) in [5.74, 6) is 0.189. The summed E-state index contributed by atoms with van der Waals surface area (Å²) < 4.78 is 37.9. The minimum absolute atomic E-state index is 0.0581. The summed E-state index contributed by atoms with van der Waals surface area (Å²) in [6.45, 7) is 1.66. The lowest BCUT2D eigenvalue weighted by Crippen LogP contribution is -2.48. The number of pyridine rings is 1. The number of rotatable bonds is 4. The van der Waals surface area contributed by atoms with Gasteiger partial charge >= 0.3 is 6.18 Å². The van der Waals surface area contributed by atoms with Crippen molar-refractivity contribution in [1.29, 1.82) is 0 Å². The summed E-state index contributed by atoms with van der Waals surface area (Å²) in [4.78, 5) is 29.9. The Labute approximate surface area is 164 Å². The van der Waals surface area contributed by atoms with Gasteiger partial charge in [0.25, 0.3) is 5.69 Å². The molecule has 1 aliphatic heterocycles. The number of non-ortho nitro benzene ring substituents is 1. The van der Waals surface area contributed by atoms with E-state index in [0.717, 1.165) is 12.3 Å². The number of nitrogens with zero attached hydrogens (tertiary/aromatic N) is 4. The molecule has 2 aromatic rings. The first kappa shape index (κ1) is 20.3. The third-order valence-corrected chi connectivity index (χ3v) is 4.49. The van der Waals surface area contributed by atoms with Gasteiger partial charge in [0.2, 0.25) is 5.91 Å².